The van der Waals surface area contributed by atoms with Gasteiger partial charge >= 0.3 is 6.09 Å². The van der Waals surface area contributed by atoms with Crippen molar-refractivity contribution < 1.29 is 28.9 Å². The number of aliphatic hydroxyl groups excluding tert-OH is 1. The number of amides is 2. The predicted molar refractivity (Wildman–Crippen MR) is 155 cm³/mol. The average Bonchev–Trinajstić information content (AvgIpc) is 2.97. The smallest absolute Gasteiger partial charge is 0.412 e. The Balaban J connectivity index is 1.60. The van der Waals surface area contributed by atoms with Crippen LogP contribution in [0.5, 0.6) is 5.75 Å². The number of hydrogen-bond donors (Lipinski definition) is 4. The van der Waals surface area contributed by atoms with Crippen molar-refractivity contribution in [3.05, 3.63) is 109 Å². The van der Waals surface area contributed by atoms with Crippen molar-refractivity contribution in [3.63, 3.8) is 0 Å². The largest absolute Gasteiger partial charge is 0.491 e. The van der Waals surface area contributed by atoms with Crippen molar-refractivity contribution >= 4 is 39.8 Å². The Morgan fingerprint density at radius 1 is 0.900 bits per heavy atom. The fraction of sp³-hybridized carbons (Fsp3) is 0.161. The van der Waals surface area contributed by atoms with E-state index >= 15 is 0 Å². The standard InChI is InChI=1S/C31H31N3O6/c1-38-28(17-18-29(36)33-26-14-6-5-13-24(26)32)30(23-12-4-7-16-27(23)39-20-19-35)40-31(37)34-25-15-8-10-21-9-2-3-11-22(21)25/h2-18,28,30,35H,19-20,32H2,1H3,(H,33,36)(H,34,37)/b18-17+/t28-,30-/m1/s1. The molecular formula is C31H31N3O6. The number of methoxy groups -OCH3 is 1. The van der Waals surface area contributed by atoms with Crippen molar-refractivity contribution in [3.8, 4) is 5.75 Å². The van der Waals surface area contributed by atoms with E-state index in [4.69, 9.17) is 19.9 Å². The summed E-state index contributed by atoms with van der Waals surface area (Å²) in [6.45, 7) is -0.155. The fourth-order valence-corrected chi connectivity index (χ4v) is 4.17. The topological polar surface area (TPSA) is 132 Å². The molecule has 4 aromatic rings. The Morgan fingerprint density at radius 3 is 2.40 bits per heavy atom. The van der Waals surface area contributed by atoms with Gasteiger partial charge in [0.15, 0.2) is 6.10 Å². The van der Waals surface area contributed by atoms with E-state index < -0.39 is 24.2 Å². The number of hydrogen-bond acceptors (Lipinski definition) is 7. The first kappa shape index (κ1) is 28.2. The third kappa shape index (κ3) is 7.16. The molecule has 0 saturated heterocycles. The van der Waals surface area contributed by atoms with Crippen LogP contribution in [0, 0.1) is 0 Å². The Bertz CT molecular complexity index is 1480. The summed E-state index contributed by atoms with van der Waals surface area (Å²) in [6, 6.07) is 27.1. The van der Waals surface area contributed by atoms with E-state index in [1.165, 1.54) is 19.3 Å². The number of aliphatic hydroxyl groups is 1. The van der Waals surface area contributed by atoms with Gasteiger partial charge in [0.05, 0.1) is 23.7 Å². The van der Waals surface area contributed by atoms with E-state index in [0.717, 1.165) is 10.8 Å². The van der Waals surface area contributed by atoms with Crippen LogP contribution < -0.4 is 21.1 Å². The number of nitrogen functional groups attached to an aromatic ring is 1. The van der Waals surface area contributed by atoms with Gasteiger partial charge in [0.2, 0.25) is 5.91 Å². The molecule has 4 rings (SSSR count). The molecule has 0 unspecified atom stereocenters. The highest BCUT2D eigenvalue weighted by molar-refractivity contribution is 6.01. The highest BCUT2D eigenvalue weighted by Gasteiger charge is 2.29. The monoisotopic (exact) mass is 541 g/mol. The van der Waals surface area contributed by atoms with Crippen molar-refractivity contribution in [2.75, 3.05) is 36.7 Å². The molecule has 0 heterocycles. The second-order valence-corrected chi connectivity index (χ2v) is 8.72. The molecular weight excluding hydrogens is 510 g/mol. The summed E-state index contributed by atoms with van der Waals surface area (Å²) in [4.78, 5) is 25.9. The molecule has 0 aliphatic heterocycles. The van der Waals surface area contributed by atoms with E-state index in [0.29, 0.717) is 28.4 Å². The molecule has 2 atom stereocenters. The zero-order valence-electron chi connectivity index (χ0n) is 21.9. The molecule has 206 valence electrons. The number of carbonyl (C=O) groups excluding carboxylic acids is 2. The number of anilines is 3. The number of carbonyl (C=O) groups is 2. The van der Waals surface area contributed by atoms with Crippen LogP contribution in [-0.2, 0) is 14.3 Å². The van der Waals surface area contributed by atoms with E-state index in [-0.39, 0.29) is 13.2 Å². The highest BCUT2D eigenvalue weighted by Crippen LogP contribution is 2.33. The second-order valence-electron chi connectivity index (χ2n) is 8.72. The minimum Gasteiger partial charge on any atom is -0.491 e. The van der Waals surface area contributed by atoms with Crippen LogP contribution in [0.25, 0.3) is 10.8 Å². The minimum atomic E-state index is -1.01. The SMILES string of the molecule is CO[C@H](/C=C/C(=O)Nc1ccccc1N)[C@H](OC(=O)Nc1cccc2ccccc12)c1ccccc1OCCO. The molecule has 0 fully saturated rings. The minimum absolute atomic E-state index is 0.0420. The lowest BCUT2D eigenvalue weighted by Gasteiger charge is -2.26. The van der Waals surface area contributed by atoms with E-state index in [1.807, 2.05) is 36.4 Å². The zero-order valence-corrected chi connectivity index (χ0v) is 21.9. The fourth-order valence-electron chi connectivity index (χ4n) is 4.17. The molecule has 0 bridgehead atoms. The number of rotatable bonds is 11. The molecule has 9 heteroatoms. The van der Waals surface area contributed by atoms with Gasteiger partial charge in [-0.3, -0.25) is 10.1 Å². The number of benzene rings is 4. The molecule has 0 radical (unpaired) electrons. The molecule has 5 N–H and O–H groups in total. The summed E-state index contributed by atoms with van der Waals surface area (Å²) in [7, 11) is 1.44. The Kier molecular flexibility index (Phi) is 9.71. The molecule has 2 amide bonds. The zero-order chi connectivity index (χ0) is 28.3. The maximum Gasteiger partial charge on any atom is 0.412 e. The van der Waals surface area contributed by atoms with Gasteiger partial charge in [-0.1, -0.05) is 66.7 Å². The van der Waals surface area contributed by atoms with Crippen LogP contribution in [0.15, 0.2) is 103 Å². The lowest BCUT2D eigenvalue weighted by atomic mass is 10.0. The number of para-hydroxylation sites is 3. The number of nitrogens with two attached hydrogens (primary N) is 1. The van der Waals surface area contributed by atoms with Crippen molar-refractivity contribution in [2.45, 2.75) is 12.2 Å². The van der Waals surface area contributed by atoms with Crippen LogP contribution in [0.1, 0.15) is 11.7 Å². The van der Waals surface area contributed by atoms with Crippen molar-refractivity contribution in [1.82, 2.24) is 0 Å². The summed E-state index contributed by atoms with van der Waals surface area (Å²) >= 11 is 0. The third-order valence-corrected chi connectivity index (χ3v) is 6.06. The molecule has 0 spiro atoms. The quantitative estimate of drug-likeness (QED) is 0.150. The number of fused-ring (bicyclic) bond motifs is 1. The van der Waals surface area contributed by atoms with Gasteiger partial charge in [-0.2, -0.15) is 0 Å². The number of nitrogens with one attached hydrogen (secondary N) is 2. The van der Waals surface area contributed by atoms with Gasteiger partial charge in [-0.05, 0) is 35.7 Å². The van der Waals surface area contributed by atoms with Crippen LogP contribution in [-0.4, -0.2) is 43.5 Å². The van der Waals surface area contributed by atoms with Crippen LogP contribution in [0.4, 0.5) is 21.9 Å². The van der Waals surface area contributed by atoms with E-state index in [2.05, 4.69) is 10.6 Å². The average molecular weight is 542 g/mol. The summed E-state index contributed by atoms with van der Waals surface area (Å²) < 4.78 is 17.3. The lowest BCUT2D eigenvalue weighted by Crippen LogP contribution is -2.27. The second kappa shape index (κ2) is 13.8. The molecule has 40 heavy (non-hydrogen) atoms. The van der Waals surface area contributed by atoms with Gasteiger partial charge in [-0.25, -0.2) is 4.79 Å². The maximum absolute atomic E-state index is 13.2. The summed E-state index contributed by atoms with van der Waals surface area (Å²) in [5.41, 5.74) is 7.89. The van der Waals surface area contributed by atoms with Gasteiger partial charge < -0.3 is 30.4 Å². The van der Waals surface area contributed by atoms with Crippen LogP contribution in [0.2, 0.25) is 0 Å². The maximum atomic E-state index is 13.2. The van der Waals surface area contributed by atoms with Crippen LogP contribution in [0.3, 0.4) is 0 Å². The summed E-state index contributed by atoms with van der Waals surface area (Å²) in [5, 5.41) is 16.6. The first-order valence-electron chi connectivity index (χ1n) is 12.6. The molecule has 0 aromatic heterocycles. The van der Waals surface area contributed by atoms with Gasteiger partial charge in [0.25, 0.3) is 0 Å². The Morgan fingerprint density at radius 2 is 1.60 bits per heavy atom. The van der Waals surface area contributed by atoms with Gasteiger partial charge in [-0.15, -0.1) is 0 Å². The highest BCUT2D eigenvalue weighted by atomic mass is 16.6. The first-order chi connectivity index (χ1) is 19.5. The third-order valence-electron chi connectivity index (χ3n) is 6.06. The van der Waals surface area contributed by atoms with E-state index in [9.17, 15) is 14.7 Å². The molecule has 9 nitrogen and oxygen atoms in total. The molecule has 4 aromatic carbocycles. The van der Waals surface area contributed by atoms with Gasteiger partial charge in [0.1, 0.15) is 18.5 Å². The van der Waals surface area contributed by atoms with Crippen LogP contribution >= 0.6 is 0 Å². The van der Waals surface area contributed by atoms with E-state index in [1.54, 1.807) is 54.6 Å². The Hall–Kier alpha value is -4.86. The molecule has 0 aliphatic carbocycles. The Labute approximate surface area is 232 Å². The van der Waals surface area contributed by atoms with Gasteiger partial charge in [0, 0.05) is 24.1 Å². The normalized spacial score (nSPS) is 12.6. The number of ether oxygens (including phenoxy) is 3. The molecule has 0 saturated carbocycles. The van der Waals surface area contributed by atoms with Crippen molar-refractivity contribution in [1.29, 1.82) is 0 Å². The predicted octanol–water partition coefficient (Wildman–Crippen LogP) is 5.29. The lowest BCUT2D eigenvalue weighted by molar-refractivity contribution is -0.112. The summed E-state index contributed by atoms with van der Waals surface area (Å²) in [6.07, 6.45) is 0.163. The first-order valence-corrected chi connectivity index (χ1v) is 12.6. The summed E-state index contributed by atoms with van der Waals surface area (Å²) in [5.74, 6) is -0.0415. The molecule has 0 aliphatic rings. The van der Waals surface area contributed by atoms with Crippen molar-refractivity contribution in [2.24, 2.45) is 0 Å².